The molecule has 9 rings (SSSR count). The molecule has 4 aromatic carbocycles. The number of hydrogen-bond donors (Lipinski definition) is 2. The van der Waals surface area contributed by atoms with E-state index in [1.807, 2.05) is 48.8 Å². The zero-order valence-electron chi connectivity index (χ0n) is 40.9. The van der Waals surface area contributed by atoms with E-state index in [9.17, 15) is 28.8 Å². The van der Waals surface area contributed by atoms with Gasteiger partial charge >= 0.3 is 0 Å². The summed E-state index contributed by atoms with van der Waals surface area (Å²) in [5.74, 6) is 0.701. The van der Waals surface area contributed by atoms with Crippen molar-refractivity contribution in [1.29, 1.82) is 0 Å². The normalized spacial score (nSPS) is 17.7. The molecule has 2 N–H and O–H groups in total. The summed E-state index contributed by atoms with van der Waals surface area (Å²) >= 11 is 0. The first kappa shape index (κ1) is 49.4. The Morgan fingerprint density at radius 2 is 1.16 bits per heavy atom. The van der Waals surface area contributed by atoms with E-state index >= 15 is 0 Å². The van der Waals surface area contributed by atoms with Gasteiger partial charge in [-0.25, -0.2) is 0 Å². The monoisotopic (exact) mass is 989 g/mol. The molecule has 3 atom stereocenters. The van der Waals surface area contributed by atoms with Crippen molar-refractivity contribution >= 4 is 76.1 Å². The molecule has 3 unspecified atom stereocenters. The van der Waals surface area contributed by atoms with E-state index in [1.165, 1.54) is 31.3 Å². The molecule has 0 radical (unpaired) electrons. The number of hydrogen-bond acceptors (Lipinski definition) is 13. The predicted octanol–water partition coefficient (Wildman–Crippen LogP) is 7.43. The summed E-state index contributed by atoms with van der Waals surface area (Å²) in [5.41, 5.74) is 6.09. The fraction of sp³-hybridized carbons (Fsp3) is 0.309. The fourth-order valence-electron chi connectivity index (χ4n) is 9.15. The van der Waals surface area contributed by atoms with Crippen LogP contribution in [0, 0.1) is 0 Å². The summed E-state index contributed by atoms with van der Waals surface area (Å²) in [6.07, 6.45) is 13.4. The molecule has 5 heterocycles. The number of ether oxygens (including phenoxy) is 5. The third-order valence-electron chi connectivity index (χ3n) is 13.2. The Hall–Kier alpha value is -8.54. The summed E-state index contributed by atoms with van der Waals surface area (Å²) in [7, 11) is 4.66. The lowest BCUT2D eigenvalue weighted by molar-refractivity contribution is -0.137. The van der Waals surface area contributed by atoms with Gasteiger partial charge in [-0.1, -0.05) is 30.7 Å². The van der Waals surface area contributed by atoms with Crippen LogP contribution in [0.15, 0.2) is 107 Å². The van der Waals surface area contributed by atoms with Gasteiger partial charge in [0, 0.05) is 87.0 Å². The van der Waals surface area contributed by atoms with Gasteiger partial charge in [0.15, 0.2) is 23.0 Å². The lowest BCUT2D eigenvalue weighted by atomic mass is 10.0. The van der Waals surface area contributed by atoms with Gasteiger partial charge in [0.2, 0.25) is 11.8 Å². The first-order chi connectivity index (χ1) is 35.4. The van der Waals surface area contributed by atoms with Crippen molar-refractivity contribution in [1.82, 2.24) is 20.0 Å². The highest BCUT2D eigenvalue weighted by molar-refractivity contribution is 6.13. The molecule has 18 nitrogen and oxygen atoms in total. The van der Waals surface area contributed by atoms with Gasteiger partial charge in [0.05, 0.1) is 69.1 Å². The highest BCUT2D eigenvalue weighted by atomic mass is 16.5. The molecule has 0 saturated carbocycles. The molecule has 4 aromatic rings. The van der Waals surface area contributed by atoms with E-state index in [2.05, 4.69) is 10.6 Å². The number of rotatable bonds is 20. The number of fused-ring (bicyclic) bond motifs is 4. The van der Waals surface area contributed by atoms with E-state index in [0.717, 1.165) is 28.0 Å². The van der Waals surface area contributed by atoms with Crippen molar-refractivity contribution in [3.63, 3.8) is 0 Å². The second kappa shape index (κ2) is 21.8. The second-order valence-electron chi connectivity index (χ2n) is 18.0. The number of nitrogens with one attached hydrogen (secondary N) is 2. The SMILES string of the molecule is COc1ccc(C2=CN3C(=O)c4cc(OC)c(OCCCOc5cc6c(cc5OC)C(=O)N5C=C(c7ccc(NC(=O)C(C)NC(=O)CCCCCN8C(=O)C=CC8=O)cc7)CC5C=N6)cc4N=CC3C2)cc1. The van der Waals surface area contributed by atoms with Crippen molar-refractivity contribution in [3.8, 4) is 28.7 Å². The molecule has 0 aromatic heterocycles. The van der Waals surface area contributed by atoms with E-state index in [0.29, 0.717) is 96.3 Å². The molecule has 0 fully saturated rings. The highest BCUT2D eigenvalue weighted by Gasteiger charge is 2.35. The number of carbonyl (C=O) groups is 6. The number of imide groups is 1. The molecule has 0 saturated heterocycles. The minimum Gasteiger partial charge on any atom is -0.497 e. The summed E-state index contributed by atoms with van der Waals surface area (Å²) in [6, 6.07) is 20.4. The number of methoxy groups -OCH3 is 3. The number of carbonyl (C=O) groups excluding carboxylic acids is 6. The van der Waals surface area contributed by atoms with Crippen LogP contribution < -0.4 is 34.3 Å². The fourth-order valence-corrected chi connectivity index (χ4v) is 9.15. The van der Waals surface area contributed by atoms with Gasteiger partial charge < -0.3 is 44.1 Å². The third kappa shape index (κ3) is 10.9. The molecule has 6 amide bonds. The zero-order valence-corrected chi connectivity index (χ0v) is 40.9. The second-order valence-corrected chi connectivity index (χ2v) is 18.0. The number of amides is 6. The van der Waals surface area contributed by atoms with Gasteiger partial charge in [-0.2, -0.15) is 0 Å². The molecule has 376 valence electrons. The Balaban J connectivity index is 0.748. The van der Waals surface area contributed by atoms with Crippen molar-refractivity contribution in [2.45, 2.75) is 70.0 Å². The van der Waals surface area contributed by atoms with Crippen LogP contribution in [0.25, 0.3) is 11.1 Å². The van der Waals surface area contributed by atoms with E-state index in [4.69, 9.17) is 33.7 Å². The molecule has 73 heavy (non-hydrogen) atoms. The maximum atomic E-state index is 14.0. The van der Waals surface area contributed by atoms with Gasteiger partial charge in [0.25, 0.3) is 23.6 Å². The van der Waals surface area contributed by atoms with Gasteiger partial charge in [0.1, 0.15) is 11.8 Å². The number of unbranched alkanes of at least 4 members (excludes halogenated alkanes) is 2. The smallest absolute Gasteiger partial charge is 0.260 e. The van der Waals surface area contributed by atoms with Crippen LogP contribution in [-0.4, -0.2) is 122 Å². The molecule has 0 spiro atoms. The maximum absolute atomic E-state index is 14.0. The molecular formula is C55H55N7O11. The van der Waals surface area contributed by atoms with E-state index in [1.54, 1.807) is 72.7 Å². The zero-order chi connectivity index (χ0) is 51.2. The average molecular weight is 990 g/mol. The third-order valence-corrected chi connectivity index (χ3v) is 13.2. The Labute approximate surface area is 422 Å². The van der Waals surface area contributed by atoms with Crippen LogP contribution in [0.1, 0.15) is 83.7 Å². The van der Waals surface area contributed by atoms with Gasteiger partial charge in [-0.15, -0.1) is 0 Å². The Kier molecular flexibility index (Phi) is 14.8. The lowest BCUT2D eigenvalue weighted by Crippen LogP contribution is -2.41. The number of benzene rings is 4. The first-order valence-corrected chi connectivity index (χ1v) is 24.1. The molecule has 5 aliphatic heterocycles. The summed E-state index contributed by atoms with van der Waals surface area (Å²) in [5, 5.41) is 5.56. The van der Waals surface area contributed by atoms with Gasteiger partial charge in [-0.05, 0) is 78.4 Å². The molecule has 0 bridgehead atoms. The predicted molar refractivity (Wildman–Crippen MR) is 273 cm³/mol. The van der Waals surface area contributed by atoms with Crippen LogP contribution in [0.2, 0.25) is 0 Å². The van der Waals surface area contributed by atoms with Gasteiger partial charge in [-0.3, -0.25) is 43.7 Å². The maximum Gasteiger partial charge on any atom is 0.260 e. The average Bonchev–Trinajstić information content (AvgIpc) is 4.08. The van der Waals surface area contributed by atoms with Crippen LogP contribution >= 0.6 is 0 Å². The number of anilines is 1. The Morgan fingerprint density at radius 1 is 0.644 bits per heavy atom. The molecule has 18 heteroatoms. The number of nitrogens with zero attached hydrogens (tertiary/aromatic N) is 5. The standard InChI is InChI=1S/C55H55N7O11/c1-33(58-50(63)9-6-5-7-20-60-51(64)18-19-52(60)65)53(66)59-38-14-10-34(11-15-38)36-23-39-29-56-44-27-48(46(70-3)25-42(44)54(67)61(39)31-36)72-21-8-22-73-49-28-45-43(26-47(49)71-4)55(68)62-32-37(24-40(62)30-57-45)35-12-16-41(69-2)17-13-35/h10-19,25-33,39-40H,5-9,20-24H2,1-4H3,(H,58,63)(H,59,66). The Morgan fingerprint density at radius 3 is 1.67 bits per heavy atom. The minimum atomic E-state index is -0.780. The van der Waals surface area contributed by atoms with Crippen LogP contribution in [0.4, 0.5) is 17.1 Å². The largest absolute Gasteiger partial charge is 0.497 e. The molecule has 5 aliphatic rings. The minimum absolute atomic E-state index is 0.180. The number of aliphatic imine (C=N–C) groups is 2. The summed E-state index contributed by atoms with van der Waals surface area (Å²) in [4.78, 5) is 90.6. The molecule has 0 aliphatic carbocycles. The Bertz CT molecular complexity index is 2980. The van der Waals surface area contributed by atoms with Crippen molar-refractivity contribution in [2.75, 3.05) is 46.4 Å². The topological polar surface area (TPSA) is 207 Å². The quantitative estimate of drug-likeness (QED) is 0.0658. The van der Waals surface area contributed by atoms with Crippen molar-refractivity contribution in [2.24, 2.45) is 9.98 Å². The first-order valence-electron chi connectivity index (χ1n) is 24.1. The van der Waals surface area contributed by atoms with Crippen LogP contribution in [0.3, 0.4) is 0 Å². The van der Waals surface area contributed by atoms with E-state index < -0.39 is 6.04 Å². The van der Waals surface area contributed by atoms with E-state index in [-0.39, 0.29) is 67.2 Å². The summed E-state index contributed by atoms with van der Waals surface area (Å²) in [6.45, 7) is 2.44. The molecular weight excluding hydrogens is 935 g/mol. The van der Waals surface area contributed by atoms with Crippen molar-refractivity contribution < 1.29 is 52.5 Å². The van der Waals surface area contributed by atoms with Crippen LogP contribution in [0.5, 0.6) is 28.7 Å². The van der Waals surface area contributed by atoms with Crippen molar-refractivity contribution in [3.05, 3.63) is 120 Å². The summed E-state index contributed by atoms with van der Waals surface area (Å²) < 4.78 is 28.9. The highest BCUT2D eigenvalue weighted by Crippen LogP contribution is 2.42. The lowest BCUT2D eigenvalue weighted by Gasteiger charge is -2.19. The van der Waals surface area contributed by atoms with Crippen LogP contribution in [-0.2, 0) is 19.2 Å².